The maximum absolute atomic E-state index is 10.9. The van der Waals surface area contributed by atoms with Crippen molar-refractivity contribution in [2.24, 2.45) is 5.10 Å². The first kappa shape index (κ1) is 20.0. The molecule has 0 saturated heterocycles. The number of anilines is 1. The van der Waals surface area contributed by atoms with Crippen LogP contribution in [0.15, 0.2) is 72.0 Å². The van der Waals surface area contributed by atoms with Gasteiger partial charge in [-0.3, -0.25) is 9.56 Å². The summed E-state index contributed by atoms with van der Waals surface area (Å²) in [6, 6.07) is 20.0. The second-order valence-electron chi connectivity index (χ2n) is 6.58. The van der Waals surface area contributed by atoms with E-state index in [0.717, 1.165) is 22.2 Å². The molecule has 0 aliphatic carbocycles. The first-order valence-corrected chi connectivity index (χ1v) is 10.7. The minimum atomic E-state index is -3.90. The third-order valence-corrected chi connectivity index (χ3v) is 5.31. The van der Waals surface area contributed by atoms with E-state index in [1.807, 2.05) is 85.1 Å². The number of nitrogens with zero attached hydrogens (tertiary/aromatic N) is 3. The van der Waals surface area contributed by atoms with E-state index >= 15 is 0 Å². The van der Waals surface area contributed by atoms with Gasteiger partial charge in [-0.15, -0.1) is 0 Å². The summed E-state index contributed by atoms with van der Waals surface area (Å²) in [7, 11) is -1.99. The molecule has 0 aliphatic rings. The molecule has 0 amide bonds. The highest BCUT2D eigenvalue weighted by molar-refractivity contribution is 7.85. The van der Waals surface area contributed by atoms with Crippen LogP contribution in [0, 0.1) is 0 Å². The third-order valence-electron chi connectivity index (χ3n) is 4.51. The first-order valence-electron chi connectivity index (χ1n) is 9.13. The monoisotopic (exact) mass is 398 g/mol. The molecule has 146 valence electrons. The Morgan fingerprint density at radius 2 is 1.75 bits per heavy atom. The van der Waals surface area contributed by atoms with Gasteiger partial charge in [-0.2, -0.15) is 18.1 Å². The normalized spacial score (nSPS) is 11.9. The van der Waals surface area contributed by atoms with E-state index in [0.29, 0.717) is 19.4 Å². The van der Waals surface area contributed by atoms with Gasteiger partial charge in [-0.05, 0) is 24.6 Å². The van der Waals surface area contributed by atoms with Crippen LogP contribution in [0.4, 0.5) is 5.69 Å². The van der Waals surface area contributed by atoms with Gasteiger partial charge in [0, 0.05) is 31.2 Å². The Balaban J connectivity index is 1.79. The molecule has 1 heterocycles. The highest BCUT2D eigenvalue weighted by Crippen LogP contribution is 2.15. The van der Waals surface area contributed by atoms with E-state index in [1.54, 1.807) is 0 Å². The average molecular weight is 399 g/mol. The van der Waals surface area contributed by atoms with Crippen LogP contribution in [-0.4, -0.2) is 32.0 Å². The maximum Gasteiger partial charge on any atom is 0.264 e. The van der Waals surface area contributed by atoms with Gasteiger partial charge in [0.2, 0.25) is 5.52 Å². The number of para-hydroxylation sites is 2. The summed E-state index contributed by atoms with van der Waals surface area (Å²) in [6.45, 7) is 0.678. The first-order chi connectivity index (χ1) is 13.4. The molecule has 3 aromatic rings. The van der Waals surface area contributed by atoms with Crippen molar-refractivity contribution in [2.75, 3.05) is 17.8 Å². The second kappa shape index (κ2) is 8.95. The van der Waals surface area contributed by atoms with Crippen LogP contribution in [0.3, 0.4) is 0 Å². The zero-order valence-corrected chi connectivity index (χ0v) is 16.6. The second-order valence-corrected chi connectivity index (χ2v) is 8.15. The lowest BCUT2D eigenvalue weighted by molar-refractivity contribution is -0.671. The Bertz CT molecular complexity index is 1070. The van der Waals surface area contributed by atoms with E-state index in [9.17, 15) is 8.42 Å². The van der Waals surface area contributed by atoms with Gasteiger partial charge in [-0.1, -0.05) is 30.3 Å². The molecule has 0 aliphatic heterocycles. The molecule has 0 unspecified atom stereocenters. The van der Waals surface area contributed by atoms with Crippen molar-refractivity contribution in [3.05, 3.63) is 72.4 Å². The topological polar surface area (TPSA) is 73.8 Å². The van der Waals surface area contributed by atoms with Gasteiger partial charge in [0.05, 0.1) is 23.0 Å². The number of hydrogen-bond donors (Lipinski definition) is 1. The number of unbranched alkanes of at least 4 members (excludes halogenated alkanes) is 1. The Hall–Kier alpha value is -2.77. The zero-order valence-electron chi connectivity index (χ0n) is 15.8. The fourth-order valence-electron chi connectivity index (χ4n) is 3.04. The molecular weight excluding hydrogens is 374 g/mol. The standard InChI is InChI=1S/C21H23N3O3S/c1-23(19-9-3-2-4-10-19)22-17-18-13-15-24(14-7-8-16-28(25,26)27)21-12-6-5-11-20(18)21/h2-6,9-13,15,17H,7-8,14,16H2,1H3/p+1. The Morgan fingerprint density at radius 1 is 1.04 bits per heavy atom. The molecule has 1 N–H and O–H groups in total. The molecule has 0 atom stereocenters. The summed E-state index contributed by atoms with van der Waals surface area (Å²) in [4.78, 5) is 0. The van der Waals surface area contributed by atoms with Crippen LogP contribution in [0.5, 0.6) is 0 Å². The summed E-state index contributed by atoms with van der Waals surface area (Å²) in [5.74, 6) is -0.206. The van der Waals surface area contributed by atoms with Gasteiger partial charge in [0.1, 0.15) is 6.54 Å². The Labute approximate surface area is 165 Å². The minimum absolute atomic E-state index is 0.206. The minimum Gasteiger partial charge on any atom is -0.286 e. The van der Waals surface area contributed by atoms with E-state index in [2.05, 4.69) is 9.67 Å². The van der Waals surface area contributed by atoms with Crippen molar-refractivity contribution in [3.63, 3.8) is 0 Å². The molecule has 1 aromatic heterocycles. The van der Waals surface area contributed by atoms with Crippen LogP contribution in [0.25, 0.3) is 10.9 Å². The van der Waals surface area contributed by atoms with E-state index in [4.69, 9.17) is 4.55 Å². The number of pyridine rings is 1. The van der Waals surface area contributed by atoms with Crippen molar-refractivity contribution in [1.29, 1.82) is 0 Å². The fourth-order valence-corrected chi connectivity index (χ4v) is 3.61. The van der Waals surface area contributed by atoms with E-state index in [1.165, 1.54) is 0 Å². The number of rotatable bonds is 8. The maximum atomic E-state index is 10.9. The summed E-state index contributed by atoms with van der Waals surface area (Å²) in [5, 5.41) is 7.45. The number of aromatic nitrogens is 1. The summed E-state index contributed by atoms with van der Waals surface area (Å²) < 4.78 is 32.7. The molecular formula is C21H24N3O3S+. The molecule has 0 saturated carbocycles. The van der Waals surface area contributed by atoms with Crippen molar-refractivity contribution in [1.82, 2.24) is 0 Å². The summed E-state index contributed by atoms with van der Waals surface area (Å²) >= 11 is 0. The molecule has 7 heteroatoms. The lowest BCUT2D eigenvalue weighted by Gasteiger charge is -2.12. The fraction of sp³-hybridized carbons (Fsp3) is 0.238. The number of hydrogen-bond acceptors (Lipinski definition) is 4. The molecule has 28 heavy (non-hydrogen) atoms. The number of benzene rings is 2. The summed E-state index contributed by atoms with van der Waals surface area (Å²) in [5.41, 5.74) is 3.07. The predicted octanol–water partition coefficient (Wildman–Crippen LogP) is 3.27. The van der Waals surface area contributed by atoms with Gasteiger partial charge < -0.3 is 0 Å². The molecule has 2 aromatic carbocycles. The van der Waals surface area contributed by atoms with Crippen LogP contribution in [-0.2, 0) is 16.7 Å². The SMILES string of the molecule is CN(/N=C/c1cc[n+](CCCCS(=O)(=O)O)c2ccccc12)c1ccccc1. The smallest absolute Gasteiger partial charge is 0.264 e. The number of aryl methyl sites for hydroxylation is 1. The zero-order chi connectivity index (χ0) is 20.0. The van der Waals surface area contributed by atoms with Crippen LogP contribution in [0.2, 0.25) is 0 Å². The van der Waals surface area contributed by atoms with Crippen molar-refractivity contribution in [3.8, 4) is 0 Å². The van der Waals surface area contributed by atoms with Gasteiger partial charge >= 0.3 is 0 Å². The Morgan fingerprint density at radius 3 is 2.50 bits per heavy atom. The van der Waals surface area contributed by atoms with Crippen molar-refractivity contribution in [2.45, 2.75) is 19.4 Å². The molecule has 0 spiro atoms. The molecule has 6 nitrogen and oxygen atoms in total. The number of fused-ring (bicyclic) bond motifs is 1. The van der Waals surface area contributed by atoms with Gasteiger partial charge in [0.15, 0.2) is 6.20 Å². The highest BCUT2D eigenvalue weighted by Gasteiger charge is 2.12. The molecule has 3 rings (SSSR count). The van der Waals surface area contributed by atoms with Crippen LogP contribution >= 0.6 is 0 Å². The van der Waals surface area contributed by atoms with E-state index in [-0.39, 0.29) is 5.75 Å². The van der Waals surface area contributed by atoms with E-state index < -0.39 is 10.1 Å². The van der Waals surface area contributed by atoms with Crippen LogP contribution in [0.1, 0.15) is 18.4 Å². The average Bonchev–Trinajstić information content (AvgIpc) is 2.70. The van der Waals surface area contributed by atoms with Crippen molar-refractivity contribution >= 4 is 32.9 Å². The number of hydrazone groups is 1. The lowest BCUT2D eigenvalue weighted by atomic mass is 10.1. The molecule has 0 fully saturated rings. The highest BCUT2D eigenvalue weighted by atomic mass is 32.2. The predicted molar refractivity (Wildman–Crippen MR) is 112 cm³/mol. The molecule has 0 radical (unpaired) electrons. The summed E-state index contributed by atoms with van der Waals surface area (Å²) in [6.07, 6.45) is 4.92. The Kier molecular flexibility index (Phi) is 6.38. The quantitative estimate of drug-likeness (QED) is 0.208. The lowest BCUT2D eigenvalue weighted by Crippen LogP contribution is -2.34. The van der Waals surface area contributed by atoms with Crippen LogP contribution < -0.4 is 9.58 Å². The van der Waals surface area contributed by atoms with Gasteiger partial charge in [-0.25, -0.2) is 0 Å². The molecule has 0 bridgehead atoms. The van der Waals surface area contributed by atoms with Gasteiger partial charge in [0.25, 0.3) is 10.1 Å². The third kappa shape index (κ3) is 5.37. The largest absolute Gasteiger partial charge is 0.286 e. The van der Waals surface area contributed by atoms with Crippen molar-refractivity contribution < 1.29 is 17.5 Å².